The minimum absolute atomic E-state index is 0.288. The maximum Gasteiger partial charge on any atom is 0.0926 e. The summed E-state index contributed by atoms with van der Waals surface area (Å²) in [5, 5.41) is 3.21. The summed E-state index contributed by atoms with van der Waals surface area (Å²) in [6.45, 7) is 6.05. The topological polar surface area (TPSA) is 38.9 Å². The molecule has 62 valence electrons. The number of rotatable bonds is 2. The highest BCUT2D eigenvalue weighted by Crippen LogP contribution is 2.19. The molecule has 0 aliphatic heterocycles. The van der Waals surface area contributed by atoms with Crippen molar-refractivity contribution < 1.29 is 0 Å². The molecule has 0 aliphatic rings. The van der Waals surface area contributed by atoms with Crippen molar-refractivity contribution in [3.05, 3.63) is 16.1 Å². The molecule has 0 saturated heterocycles. The zero-order valence-corrected chi connectivity index (χ0v) is 8.03. The number of hydrogen-bond donors (Lipinski definition) is 1. The van der Waals surface area contributed by atoms with Gasteiger partial charge in [-0.3, -0.25) is 0 Å². The standard InChI is InChI=1S/C8H14N2S/c1-4-7-10-6(5-11-7)8(2,3)9/h5H,4,9H2,1-3H3. The third kappa shape index (κ3) is 2.01. The van der Waals surface area contributed by atoms with Crippen molar-refractivity contribution >= 4 is 11.3 Å². The first-order chi connectivity index (χ1) is 5.04. The van der Waals surface area contributed by atoms with Crippen molar-refractivity contribution in [1.29, 1.82) is 0 Å². The maximum absolute atomic E-state index is 5.87. The molecule has 1 heterocycles. The molecule has 3 heteroatoms. The SMILES string of the molecule is CCc1nc(C(C)(C)N)cs1. The molecule has 11 heavy (non-hydrogen) atoms. The van der Waals surface area contributed by atoms with Crippen LogP contribution < -0.4 is 5.73 Å². The fourth-order valence-electron chi connectivity index (χ4n) is 0.769. The van der Waals surface area contributed by atoms with Crippen LogP contribution in [0.3, 0.4) is 0 Å². The zero-order valence-electron chi connectivity index (χ0n) is 7.22. The van der Waals surface area contributed by atoms with E-state index in [2.05, 4.69) is 11.9 Å². The number of aromatic nitrogens is 1. The summed E-state index contributed by atoms with van der Waals surface area (Å²) in [5.41, 5.74) is 6.58. The molecule has 0 unspecified atom stereocenters. The number of hydrogen-bond acceptors (Lipinski definition) is 3. The number of aryl methyl sites for hydroxylation is 1. The molecule has 1 aromatic heterocycles. The molecule has 0 atom stereocenters. The molecule has 0 amide bonds. The van der Waals surface area contributed by atoms with Crippen molar-refractivity contribution in [3.63, 3.8) is 0 Å². The van der Waals surface area contributed by atoms with Crippen molar-refractivity contribution in [3.8, 4) is 0 Å². The summed E-state index contributed by atoms with van der Waals surface area (Å²) in [6.07, 6.45) is 1.00. The lowest BCUT2D eigenvalue weighted by atomic mass is 10.0. The molecule has 1 rings (SSSR count). The average molecular weight is 170 g/mol. The summed E-state index contributed by atoms with van der Waals surface area (Å²) in [5.74, 6) is 0. The van der Waals surface area contributed by atoms with Gasteiger partial charge in [-0.15, -0.1) is 11.3 Å². The van der Waals surface area contributed by atoms with Gasteiger partial charge in [-0.05, 0) is 20.3 Å². The summed E-state index contributed by atoms with van der Waals surface area (Å²) in [7, 11) is 0. The molecule has 2 nitrogen and oxygen atoms in total. The normalized spacial score (nSPS) is 12.0. The lowest BCUT2D eigenvalue weighted by Gasteiger charge is -2.14. The number of thiazole rings is 1. The van der Waals surface area contributed by atoms with Crippen LogP contribution in [0.25, 0.3) is 0 Å². The van der Waals surface area contributed by atoms with Crippen LogP contribution in [0, 0.1) is 0 Å². The molecule has 0 aliphatic carbocycles. The largest absolute Gasteiger partial charge is 0.321 e. The average Bonchev–Trinajstić information content (AvgIpc) is 2.32. The Kier molecular flexibility index (Phi) is 2.30. The third-order valence-corrected chi connectivity index (χ3v) is 2.51. The van der Waals surface area contributed by atoms with E-state index >= 15 is 0 Å². The van der Waals surface area contributed by atoms with Crippen LogP contribution in [0.15, 0.2) is 5.38 Å². The first-order valence-electron chi connectivity index (χ1n) is 3.78. The Balaban J connectivity index is 2.89. The fraction of sp³-hybridized carbons (Fsp3) is 0.625. The minimum atomic E-state index is -0.288. The van der Waals surface area contributed by atoms with Gasteiger partial charge in [0.25, 0.3) is 0 Å². The molecule has 0 bridgehead atoms. The van der Waals surface area contributed by atoms with E-state index < -0.39 is 0 Å². The van der Waals surface area contributed by atoms with E-state index in [0.717, 1.165) is 12.1 Å². The molecule has 0 saturated carbocycles. The molecule has 0 spiro atoms. The highest BCUT2D eigenvalue weighted by Gasteiger charge is 2.16. The van der Waals surface area contributed by atoms with Gasteiger partial charge in [0, 0.05) is 5.38 Å². The molecule has 2 N–H and O–H groups in total. The van der Waals surface area contributed by atoms with Crippen LogP contribution in [0.4, 0.5) is 0 Å². The van der Waals surface area contributed by atoms with Gasteiger partial charge in [0.05, 0.1) is 16.2 Å². The Labute approximate surface area is 71.5 Å². The van der Waals surface area contributed by atoms with E-state index in [1.165, 1.54) is 5.01 Å². The molecule has 1 aromatic rings. The fourth-order valence-corrected chi connectivity index (χ4v) is 1.69. The molecule has 0 aromatic carbocycles. The van der Waals surface area contributed by atoms with Gasteiger partial charge in [0.2, 0.25) is 0 Å². The number of nitrogens with zero attached hydrogens (tertiary/aromatic N) is 1. The van der Waals surface area contributed by atoms with Crippen molar-refractivity contribution in [2.24, 2.45) is 5.73 Å². The van der Waals surface area contributed by atoms with Gasteiger partial charge < -0.3 is 5.73 Å². The van der Waals surface area contributed by atoms with Gasteiger partial charge in [-0.2, -0.15) is 0 Å². The van der Waals surface area contributed by atoms with Crippen LogP contribution in [-0.2, 0) is 12.0 Å². The highest BCUT2D eigenvalue weighted by molar-refractivity contribution is 7.09. The second kappa shape index (κ2) is 2.91. The van der Waals surface area contributed by atoms with E-state index in [0.29, 0.717) is 0 Å². The third-order valence-electron chi connectivity index (χ3n) is 1.51. The van der Waals surface area contributed by atoms with Crippen molar-refractivity contribution in [2.45, 2.75) is 32.7 Å². The summed E-state index contributed by atoms with van der Waals surface area (Å²) < 4.78 is 0. The predicted octanol–water partition coefficient (Wildman–Crippen LogP) is 1.90. The monoisotopic (exact) mass is 170 g/mol. The predicted molar refractivity (Wildman–Crippen MR) is 48.7 cm³/mol. The van der Waals surface area contributed by atoms with E-state index in [-0.39, 0.29) is 5.54 Å². The summed E-state index contributed by atoms with van der Waals surface area (Å²) in [6, 6.07) is 0. The van der Waals surface area contributed by atoms with Crippen LogP contribution in [0.2, 0.25) is 0 Å². The Morgan fingerprint density at radius 3 is 2.55 bits per heavy atom. The molecule has 0 radical (unpaired) electrons. The smallest absolute Gasteiger partial charge is 0.0926 e. The van der Waals surface area contributed by atoms with Crippen LogP contribution in [0.5, 0.6) is 0 Å². The second-order valence-corrected chi connectivity index (χ2v) is 4.14. The van der Waals surface area contributed by atoms with Gasteiger partial charge in [-0.25, -0.2) is 4.98 Å². The van der Waals surface area contributed by atoms with Gasteiger partial charge in [-0.1, -0.05) is 6.92 Å². The minimum Gasteiger partial charge on any atom is -0.321 e. The van der Waals surface area contributed by atoms with Crippen molar-refractivity contribution in [2.75, 3.05) is 0 Å². The number of nitrogens with two attached hydrogens (primary N) is 1. The van der Waals surface area contributed by atoms with Crippen molar-refractivity contribution in [1.82, 2.24) is 4.98 Å². The van der Waals surface area contributed by atoms with E-state index in [1.807, 2.05) is 19.2 Å². The van der Waals surface area contributed by atoms with Gasteiger partial charge in [0.1, 0.15) is 0 Å². The highest BCUT2D eigenvalue weighted by atomic mass is 32.1. The Bertz CT molecular complexity index is 234. The summed E-state index contributed by atoms with van der Waals surface area (Å²) >= 11 is 1.69. The van der Waals surface area contributed by atoms with E-state index in [4.69, 9.17) is 5.73 Å². The first kappa shape index (κ1) is 8.68. The zero-order chi connectivity index (χ0) is 8.48. The Morgan fingerprint density at radius 2 is 2.27 bits per heavy atom. The van der Waals surface area contributed by atoms with Gasteiger partial charge in [0.15, 0.2) is 0 Å². The Morgan fingerprint density at radius 1 is 1.64 bits per heavy atom. The molecular formula is C8H14N2S. The Hall–Kier alpha value is -0.410. The summed E-state index contributed by atoms with van der Waals surface area (Å²) in [4.78, 5) is 4.39. The van der Waals surface area contributed by atoms with E-state index in [9.17, 15) is 0 Å². The lowest BCUT2D eigenvalue weighted by Crippen LogP contribution is -2.29. The van der Waals surface area contributed by atoms with Crippen LogP contribution >= 0.6 is 11.3 Å². The first-order valence-corrected chi connectivity index (χ1v) is 4.65. The van der Waals surface area contributed by atoms with Crippen LogP contribution in [-0.4, -0.2) is 4.98 Å². The van der Waals surface area contributed by atoms with E-state index in [1.54, 1.807) is 11.3 Å². The maximum atomic E-state index is 5.87. The quantitative estimate of drug-likeness (QED) is 0.736. The molecular weight excluding hydrogens is 156 g/mol. The lowest BCUT2D eigenvalue weighted by molar-refractivity contribution is 0.537. The van der Waals surface area contributed by atoms with Crippen LogP contribution in [0.1, 0.15) is 31.5 Å². The molecule has 0 fully saturated rings. The second-order valence-electron chi connectivity index (χ2n) is 3.20. The van der Waals surface area contributed by atoms with Gasteiger partial charge >= 0.3 is 0 Å².